The molecule has 3 nitrogen and oxygen atoms in total. The SMILES string of the molecule is Cc1ccc2cc(C(C)(C)C(Cc3ccc(F)c(Oc4ccccc4)c3)OC(Cc3ccc(F)c(Oc4ccccc4)c3)C(C)(C)c3ccc4cc(C)ccc4c3)ccc2c1. The maximum atomic E-state index is 15.4. The number of rotatable bonds is 14. The minimum atomic E-state index is -0.548. The lowest BCUT2D eigenvalue weighted by Crippen LogP contribution is -2.46. The molecule has 61 heavy (non-hydrogen) atoms. The molecule has 2 unspecified atom stereocenters. The lowest BCUT2D eigenvalue weighted by Gasteiger charge is -2.43. The van der Waals surface area contributed by atoms with Gasteiger partial charge < -0.3 is 14.2 Å². The lowest BCUT2D eigenvalue weighted by atomic mass is 9.74. The molecule has 0 aliphatic heterocycles. The second kappa shape index (κ2) is 17.4. The predicted octanol–water partition coefficient (Wildman–Crippen LogP) is 15.0. The van der Waals surface area contributed by atoms with Crippen LogP contribution in [-0.2, 0) is 28.4 Å². The van der Waals surface area contributed by atoms with Gasteiger partial charge in [-0.1, -0.05) is 160 Å². The second-order valence-corrected chi connectivity index (χ2v) is 17.5. The number of halogens is 2. The van der Waals surface area contributed by atoms with E-state index in [1.807, 2.05) is 72.8 Å². The molecule has 2 atom stereocenters. The zero-order chi connectivity index (χ0) is 42.7. The molecule has 8 rings (SSSR count). The van der Waals surface area contributed by atoms with Crippen LogP contribution in [0.25, 0.3) is 21.5 Å². The first-order chi connectivity index (χ1) is 29.3. The van der Waals surface area contributed by atoms with Crippen LogP contribution in [0.15, 0.2) is 170 Å². The van der Waals surface area contributed by atoms with E-state index in [1.165, 1.54) is 34.0 Å². The molecule has 5 heteroatoms. The van der Waals surface area contributed by atoms with E-state index in [-0.39, 0.29) is 11.5 Å². The monoisotopic (exact) mass is 810 g/mol. The minimum Gasteiger partial charge on any atom is -0.454 e. The van der Waals surface area contributed by atoms with Crippen molar-refractivity contribution >= 4 is 21.5 Å². The highest BCUT2D eigenvalue weighted by Crippen LogP contribution is 2.41. The van der Waals surface area contributed by atoms with Crippen molar-refractivity contribution in [3.63, 3.8) is 0 Å². The van der Waals surface area contributed by atoms with E-state index >= 15 is 8.78 Å². The maximum Gasteiger partial charge on any atom is 0.165 e. The number of para-hydroxylation sites is 2. The Hall–Kier alpha value is -6.30. The van der Waals surface area contributed by atoms with Crippen LogP contribution in [0.2, 0.25) is 0 Å². The summed E-state index contributed by atoms with van der Waals surface area (Å²) < 4.78 is 50.6. The van der Waals surface area contributed by atoms with E-state index in [0.717, 1.165) is 33.0 Å². The van der Waals surface area contributed by atoms with Crippen LogP contribution in [0.4, 0.5) is 8.78 Å². The van der Waals surface area contributed by atoms with E-state index in [4.69, 9.17) is 14.2 Å². The average Bonchev–Trinajstić information content (AvgIpc) is 3.25. The van der Waals surface area contributed by atoms with Gasteiger partial charge in [0.1, 0.15) is 11.5 Å². The van der Waals surface area contributed by atoms with Crippen molar-refractivity contribution in [3.05, 3.63) is 215 Å². The predicted molar refractivity (Wildman–Crippen MR) is 245 cm³/mol. The van der Waals surface area contributed by atoms with Crippen molar-refractivity contribution < 1.29 is 23.0 Å². The molecule has 0 heterocycles. The molecule has 0 bridgehead atoms. The molecule has 0 radical (unpaired) electrons. The zero-order valence-corrected chi connectivity index (χ0v) is 35.7. The third-order valence-electron chi connectivity index (χ3n) is 12.2. The highest BCUT2D eigenvalue weighted by molar-refractivity contribution is 5.85. The number of hydrogen-bond donors (Lipinski definition) is 0. The molecule has 8 aromatic rings. The highest BCUT2D eigenvalue weighted by Gasteiger charge is 2.40. The van der Waals surface area contributed by atoms with Crippen molar-refractivity contribution in [2.45, 2.75) is 77.4 Å². The van der Waals surface area contributed by atoms with Crippen LogP contribution in [0, 0.1) is 25.5 Å². The Labute approximate surface area is 358 Å². The smallest absolute Gasteiger partial charge is 0.165 e. The van der Waals surface area contributed by atoms with Crippen molar-refractivity contribution in [3.8, 4) is 23.0 Å². The fourth-order valence-corrected chi connectivity index (χ4v) is 8.21. The van der Waals surface area contributed by atoms with Crippen LogP contribution in [-0.4, -0.2) is 12.2 Å². The summed E-state index contributed by atoms with van der Waals surface area (Å²) in [5.74, 6) is 0.540. The summed E-state index contributed by atoms with van der Waals surface area (Å²) in [5.41, 5.74) is 5.31. The summed E-state index contributed by atoms with van der Waals surface area (Å²) in [6.45, 7) is 13.1. The van der Waals surface area contributed by atoms with Crippen LogP contribution in [0.3, 0.4) is 0 Å². The highest BCUT2D eigenvalue weighted by atomic mass is 19.1. The molecular formula is C56H52F2O3. The molecule has 0 fully saturated rings. The standard InChI is InChI=1S/C56H52F2O3/c1-37-17-21-43-35-45(25-23-41(43)29-37)55(3,4)53(33-39-19-27-49(57)51(31-39)59-47-13-9-7-10-14-47)61-54(56(5,6)46-26-24-42-30-38(2)18-22-44(42)36-46)34-40-20-28-50(58)52(32-40)60-48-15-11-8-12-16-48/h7-32,35-36,53-54H,33-34H2,1-6H3. The summed E-state index contributed by atoms with van der Waals surface area (Å²) in [6, 6.07) is 55.0. The molecule has 0 saturated heterocycles. The Morgan fingerprint density at radius 1 is 0.426 bits per heavy atom. The van der Waals surface area contributed by atoms with Crippen molar-refractivity contribution in [2.75, 3.05) is 0 Å². The summed E-state index contributed by atoms with van der Waals surface area (Å²) in [4.78, 5) is 0. The van der Waals surface area contributed by atoms with Crippen molar-refractivity contribution in [1.82, 2.24) is 0 Å². The first-order valence-corrected chi connectivity index (χ1v) is 21.0. The molecule has 0 amide bonds. The van der Waals surface area contributed by atoms with Gasteiger partial charge in [-0.05, 0) is 119 Å². The fraction of sp³-hybridized carbons (Fsp3) is 0.214. The van der Waals surface area contributed by atoms with Crippen LogP contribution >= 0.6 is 0 Å². The zero-order valence-electron chi connectivity index (χ0n) is 35.7. The third kappa shape index (κ3) is 9.38. The average molecular weight is 811 g/mol. The van der Waals surface area contributed by atoms with Gasteiger partial charge in [-0.25, -0.2) is 8.78 Å². The Morgan fingerprint density at radius 2 is 0.803 bits per heavy atom. The van der Waals surface area contributed by atoms with Gasteiger partial charge in [-0.15, -0.1) is 0 Å². The van der Waals surface area contributed by atoms with E-state index in [2.05, 4.69) is 114 Å². The number of ether oxygens (including phenoxy) is 3. The summed E-state index contributed by atoms with van der Waals surface area (Å²) in [6.07, 6.45) is 0.0797. The molecule has 8 aromatic carbocycles. The van der Waals surface area contributed by atoms with Gasteiger partial charge in [0.25, 0.3) is 0 Å². The second-order valence-electron chi connectivity index (χ2n) is 17.5. The van der Waals surface area contributed by atoms with E-state index in [1.54, 1.807) is 12.1 Å². The number of benzene rings is 8. The number of fused-ring (bicyclic) bond motifs is 2. The number of hydrogen-bond acceptors (Lipinski definition) is 3. The van der Waals surface area contributed by atoms with Gasteiger partial charge >= 0.3 is 0 Å². The van der Waals surface area contributed by atoms with Gasteiger partial charge in [0, 0.05) is 10.8 Å². The summed E-state index contributed by atoms with van der Waals surface area (Å²) >= 11 is 0. The normalized spacial score (nSPS) is 13.0. The Balaban J connectivity index is 1.23. The summed E-state index contributed by atoms with van der Waals surface area (Å²) in [7, 11) is 0. The van der Waals surface area contributed by atoms with Crippen LogP contribution < -0.4 is 9.47 Å². The fourth-order valence-electron chi connectivity index (χ4n) is 8.21. The molecule has 0 aliphatic carbocycles. The Bertz CT molecular complexity index is 2600. The third-order valence-corrected chi connectivity index (χ3v) is 12.2. The van der Waals surface area contributed by atoms with Crippen molar-refractivity contribution in [1.29, 1.82) is 0 Å². The van der Waals surface area contributed by atoms with Gasteiger partial charge in [0.05, 0.1) is 12.2 Å². The van der Waals surface area contributed by atoms with Gasteiger partial charge in [0.2, 0.25) is 0 Å². The van der Waals surface area contributed by atoms with Gasteiger partial charge in [0.15, 0.2) is 23.1 Å². The molecule has 0 aliphatic rings. The van der Waals surface area contributed by atoms with Crippen LogP contribution in [0.1, 0.15) is 61.1 Å². The van der Waals surface area contributed by atoms with Gasteiger partial charge in [-0.3, -0.25) is 0 Å². The molecule has 308 valence electrons. The first kappa shape index (κ1) is 41.4. The quantitative estimate of drug-likeness (QED) is 0.109. The molecule has 0 N–H and O–H groups in total. The lowest BCUT2D eigenvalue weighted by molar-refractivity contribution is -0.0752. The van der Waals surface area contributed by atoms with Crippen molar-refractivity contribution in [2.24, 2.45) is 0 Å². The molecule has 0 saturated carbocycles. The van der Waals surface area contributed by atoms with Crippen LogP contribution in [0.5, 0.6) is 23.0 Å². The molecule has 0 spiro atoms. The van der Waals surface area contributed by atoms with Gasteiger partial charge in [-0.2, -0.15) is 0 Å². The first-order valence-electron chi connectivity index (χ1n) is 21.0. The number of aryl methyl sites for hydroxylation is 2. The minimum absolute atomic E-state index is 0.155. The topological polar surface area (TPSA) is 27.7 Å². The Kier molecular flexibility index (Phi) is 11.8. The molecular weight excluding hydrogens is 759 g/mol. The van der Waals surface area contributed by atoms with E-state index < -0.39 is 34.7 Å². The largest absolute Gasteiger partial charge is 0.454 e. The van der Waals surface area contributed by atoms with E-state index in [9.17, 15) is 0 Å². The Morgan fingerprint density at radius 3 is 1.21 bits per heavy atom. The molecule has 0 aromatic heterocycles. The maximum absolute atomic E-state index is 15.4. The summed E-state index contributed by atoms with van der Waals surface area (Å²) in [5, 5.41) is 4.65. The van der Waals surface area contributed by atoms with E-state index in [0.29, 0.717) is 24.3 Å².